The van der Waals surface area contributed by atoms with E-state index in [-0.39, 0.29) is 5.54 Å². The number of benzene rings is 1. The van der Waals surface area contributed by atoms with Crippen LogP contribution in [0, 0.1) is 0 Å². The van der Waals surface area contributed by atoms with Gasteiger partial charge in [0.2, 0.25) is 0 Å². The first-order valence-corrected chi connectivity index (χ1v) is 5.54. The molecule has 0 atom stereocenters. The molecule has 0 aliphatic heterocycles. The standard InChI is InChI=1S/C12H18N2S/c1-4-12(2,3)14-10-8-6-5-7-9(10)11(13)15/h5-8,14H,4H2,1-3H3,(H2,13,15). The number of para-hydroxylation sites is 1. The second-order valence-electron chi connectivity index (χ2n) is 4.27. The van der Waals surface area contributed by atoms with Crippen molar-refractivity contribution in [2.24, 2.45) is 5.73 Å². The summed E-state index contributed by atoms with van der Waals surface area (Å²) in [5.41, 5.74) is 7.64. The van der Waals surface area contributed by atoms with E-state index in [4.69, 9.17) is 18.0 Å². The van der Waals surface area contributed by atoms with E-state index >= 15 is 0 Å². The van der Waals surface area contributed by atoms with Gasteiger partial charge in [-0.25, -0.2) is 0 Å². The lowest BCUT2D eigenvalue weighted by molar-refractivity contribution is 0.547. The maximum Gasteiger partial charge on any atom is 0.106 e. The number of hydrogen-bond donors (Lipinski definition) is 2. The van der Waals surface area contributed by atoms with E-state index in [0.717, 1.165) is 17.7 Å². The lowest BCUT2D eigenvalue weighted by Crippen LogP contribution is -2.30. The molecule has 0 aromatic heterocycles. The van der Waals surface area contributed by atoms with E-state index in [1.807, 2.05) is 24.3 Å². The molecule has 0 heterocycles. The van der Waals surface area contributed by atoms with Crippen molar-refractivity contribution in [2.75, 3.05) is 5.32 Å². The molecular formula is C12H18N2S. The van der Waals surface area contributed by atoms with E-state index in [1.54, 1.807) is 0 Å². The van der Waals surface area contributed by atoms with Crippen LogP contribution in [0.25, 0.3) is 0 Å². The smallest absolute Gasteiger partial charge is 0.106 e. The first-order valence-electron chi connectivity index (χ1n) is 5.13. The van der Waals surface area contributed by atoms with Crippen molar-refractivity contribution in [3.05, 3.63) is 29.8 Å². The predicted octanol–water partition coefficient (Wildman–Crippen LogP) is 2.92. The Morgan fingerprint density at radius 1 is 1.40 bits per heavy atom. The largest absolute Gasteiger partial charge is 0.389 e. The molecule has 15 heavy (non-hydrogen) atoms. The molecule has 0 radical (unpaired) electrons. The number of nitrogens with two attached hydrogens (primary N) is 1. The highest BCUT2D eigenvalue weighted by atomic mass is 32.1. The minimum Gasteiger partial charge on any atom is -0.389 e. The van der Waals surface area contributed by atoms with Gasteiger partial charge < -0.3 is 11.1 Å². The Morgan fingerprint density at radius 2 is 2.00 bits per heavy atom. The fourth-order valence-corrected chi connectivity index (χ4v) is 1.44. The molecule has 0 spiro atoms. The minimum absolute atomic E-state index is 0.0564. The van der Waals surface area contributed by atoms with Crippen LogP contribution in [0.4, 0.5) is 5.69 Å². The van der Waals surface area contributed by atoms with Gasteiger partial charge in [-0.1, -0.05) is 31.3 Å². The summed E-state index contributed by atoms with van der Waals surface area (Å²) in [5.74, 6) is 0. The van der Waals surface area contributed by atoms with Crippen LogP contribution in [-0.4, -0.2) is 10.5 Å². The number of anilines is 1. The van der Waals surface area contributed by atoms with Gasteiger partial charge in [-0.2, -0.15) is 0 Å². The van der Waals surface area contributed by atoms with E-state index in [1.165, 1.54) is 0 Å². The Bertz CT molecular complexity index is 358. The van der Waals surface area contributed by atoms with E-state index in [0.29, 0.717) is 4.99 Å². The van der Waals surface area contributed by atoms with Gasteiger partial charge in [0.05, 0.1) is 0 Å². The van der Waals surface area contributed by atoms with Gasteiger partial charge in [0.25, 0.3) is 0 Å². The van der Waals surface area contributed by atoms with Crippen LogP contribution in [0.1, 0.15) is 32.8 Å². The normalized spacial score (nSPS) is 11.1. The Labute approximate surface area is 96.9 Å². The predicted molar refractivity (Wildman–Crippen MR) is 70.3 cm³/mol. The third-order valence-electron chi connectivity index (χ3n) is 2.55. The van der Waals surface area contributed by atoms with Crippen molar-refractivity contribution in [1.82, 2.24) is 0 Å². The average Bonchev–Trinajstić information content (AvgIpc) is 2.18. The molecule has 82 valence electrons. The zero-order valence-electron chi connectivity index (χ0n) is 9.50. The maximum atomic E-state index is 5.67. The number of thiocarbonyl (C=S) groups is 1. The summed E-state index contributed by atoms with van der Waals surface area (Å²) in [6.07, 6.45) is 1.04. The SMILES string of the molecule is CCC(C)(C)Nc1ccccc1C(N)=S. The summed E-state index contributed by atoms with van der Waals surface area (Å²) in [6, 6.07) is 7.87. The fraction of sp³-hybridized carbons (Fsp3) is 0.417. The molecule has 0 saturated heterocycles. The first kappa shape index (κ1) is 12.0. The Morgan fingerprint density at radius 3 is 2.53 bits per heavy atom. The highest BCUT2D eigenvalue weighted by molar-refractivity contribution is 7.80. The molecule has 0 fully saturated rings. The van der Waals surface area contributed by atoms with Gasteiger partial charge in [-0.05, 0) is 32.4 Å². The second-order valence-corrected chi connectivity index (χ2v) is 4.71. The lowest BCUT2D eigenvalue weighted by Gasteiger charge is -2.27. The molecule has 1 aromatic rings. The van der Waals surface area contributed by atoms with Crippen LogP contribution in [0.15, 0.2) is 24.3 Å². The van der Waals surface area contributed by atoms with Gasteiger partial charge in [0.1, 0.15) is 4.99 Å². The maximum absolute atomic E-state index is 5.67. The monoisotopic (exact) mass is 222 g/mol. The highest BCUT2D eigenvalue weighted by Crippen LogP contribution is 2.21. The Hall–Kier alpha value is -1.09. The number of hydrogen-bond acceptors (Lipinski definition) is 2. The number of rotatable bonds is 4. The summed E-state index contributed by atoms with van der Waals surface area (Å²) in [4.78, 5) is 0.435. The molecule has 2 nitrogen and oxygen atoms in total. The van der Waals surface area contributed by atoms with Crippen LogP contribution in [-0.2, 0) is 0 Å². The minimum atomic E-state index is 0.0564. The zero-order valence-corrected chi connectivity index (χ0v) is 10.3. The molecule has 0 saturated carbocycles. The molecule has 3 heteroatoms. The van der Waals surface area contributed by atoms with Crippen LogP contribution >= 0.6 is 12.2 Å². The van der Waals surface area contributed by atoms with E-state index in [9.17, 15) is 0 Å². The summed E-state index contributed by atoms with van der Waals surface area (Å²) < 4.78 is 0. The van der Waals surface area contributed by atoms with Crippen molar-refractivity contribution in [1.29, 1.82) is 0 Å². The van der Waals surface area contributed by atoms with E-state index in [2.05, 4.69) is 26.1 Å². The molecule has 1 aromatic carbocycles. The summed E-state index contributed by atoms with van der Waals surface area (Å²) in [7, 11) is 0. The summed E-state index contributed by atoms with van der Waals surface area (Å²) in [6.45, 7) is 6.46. The highest BCUT2D eigenvalue weighted by Gasteiger charge is 2.16. The van der Waals surface area contributed by atoms with Crippen LogP contribution < -0.4 is 11.1 Å². The number of nitrogens with one attached hydrogen (secondary N) is 1. The topological polar surface area (TPSA) is 38.0 Å². The first-order chi connectivity index (χ1) is 6.96. The Kier molecular flexibility index (Phi) is 3.69. The van der Waals surface area contributed by atoms with Gasteiger partial charge in [0, 0.05) is 16.8 Å². The molecule has 1 rings (SSSR count). The molecule has 0 bridgehead atoms. The van der Waals surface area contributed by atoms with Crippen LogP contribution in [0.3, 0.4) is 0 Å². The van der Waals surface area contributed by atoms with Crippen molar-refractivity contribution in [3.63, 3.8) is 0 Å². The molecule has 3 N–H and O–H groups in total. The van der Waals surface area contributed by atoms with Gasteiger partial charge in [-0.3, -0.25) is 0 Å². The van der Waals surface area contributed by atoms with Gasteiger partial charge in [-0.15, -0.1) is 0 Å². The van der Waals surface area contributed by atoms with E-state index < -0.39 is 0 Å². The second kappa shape index (κ2) is 4.62. The molecule has 0 aliphatic rings. The lowest BCUT2D eigenvalue weighted by atomic mass is 10.0. The summed E-state index contributed by atoms with van der Waals surface area (Å²) in [5, 5.41) is 3.45. The van der Waals surface area contributed by atoms with Crippen LogP contribution in [0.2, 0.25) is 0 Å². The fourth-order valence-electron chi connectivity index (χ4n) is 1.26. The third kappa shape index (κ3) is 3.20. The molecule has 0 amide bonds. The molecule has 0 aliphatic carbocycles. The van der Waals surface area contributed by atoms with Crippen molar-refractivity contribution >= 4 is 22.9 Å². The molecule has 0 unspecified atom stereocenters. The average molecular weight is 222 g/mol. The summed E-state index contributed by atoms with van der Waals surface area (Å²) >= 11 is 5.01. The third-order valence-corrected chi connectivity index (χ3v) is 2.77. The van der Waals surface area contributed by atoms with Crippen molar-refractivity contribution in [3.8, 4) is 0 Å². The molecular weight excluding hydrogens is 204 g/mol. The zero-order chi connectivity index (χ0) is 11.5. The van der Waals surface area contributed by atoms with Crippen LogP contribution in [0.5, 0.6) is 0 Å². The van der Waals surface area contributed by atoms with Gasteiger partial charge >= 0.3 is 0 Å². The Balaban J connectivity index is 2.99. The van der Waals surface area contributed by atoms with Crippen molar-refractivity contribution in [2.45, 2.75) is 32.7 Å². The quantitative estimate of drug-likeness (QED) is 0.769. The van der Waals surface area contributed by atoms with Crippen molar-refractivity contribution < 1.29 is 0 Å². The van der Waals surface area contributed by atoms with Gasteiger partial charge in [0.15, 0.2) is 0 Å².